The van der Waals surface area contributed by atoms with Crippen molar-refractivity contribution in [1.29, 1.82) is 0 Å². The highest BCUT2D eigenvalue weighted by molar-refractivity contribution is 7.89. The van der Waals surface area contributed by atoms with Crippen LogP contribution >= 0.6 is 0 Å². The molecule has 0 saturated heterocycles. The summed E-state index contributed by atoms with van der Waals surface area (Å²) in [5.41, 5.74) is 0.0394. The number of hydrogen-bond donors (Lipinski definition) is 2. The van der Waals surface area contributed by atoms with E-state index in [4.69, 9.17) is 5.11 Å². The standard InChI is InChI=1S/C14H18FNO3S/c1-3-13(4-2)16-20(18,19)14-8-7-12(15)10-11(14)6-5-9-17/h7-8,10,13,16-17H,3-4,9H2,1-2H3. The number of sulfonamides is 1. The van der Waals surface area contributed by atoms with Gasteiger partial charge in [0.25, 0.3) is 0 Å². The Morgan fingerprint density at radius 2 is 2.00 bits per heavy atom. The molecule has 0 atom stereocenters. The summed E-state index contributed by atoms with van der Waals surface area (Å²) < 4.78 is 40.4. The van der Waals surface area contributed by atoms with Crippen LogP contribution in [0, 0.1) is 17.7 Å². The Kier molecular flexibility index (Phi) is 6.14. The lowest BCUT2D eigenvalue weighted by molar-refractivity contribution is 0.350. The SMILES string of the molecule is CCC(CC)NS(=O)(=O)c1ccc(F)cc1C#CCO. The molecule has 0 amide bonds. The topological polar surface area (TPSA) is 66.4 Å². The van der Waals surface area contributed by atoms with Crippen molar-refractivity contribution < 1.29 is 17.9 Å². The van der Waals surface area contributed by atoms with Gasteiger partial charge in [0.15, 0.2) is 0 Å². The molecule has 20 heavy (non-hydrogen) atoms. The Hall–Kier alpha value is -1.42. The van der Waals surface area contributed by atoms with Crippen LogP contribution in [0.3, 0.4) is 0 Å². The fraction of sp³-hybridized carbons (Fsp3) is 0.429. The highest BCUT2D eigenvalue weighted by Gasteiger charge is 2.21. The van der Waals surface area contributed by atoms with E-state index in [1.165, 1.54) is 6.07 Å². The van der Waals surface area contributed by atoms with Crippen molar-refractivity contribution in [2.24, 2.45) is 0 Å². The van der Waals surface area contributed by atoms with E-state index in [-0.39, 0.29) is 16.5 Å². The molecular weight excluding hydrogens is 281 g/mol. The third-order valence-corrected chi connectivity index (χ3v) is 4.42. The molecule has 0 spiro atoms. The van der Waals surface area contributed by atoms with E-state index in [0.717, 1.165) is 12.1 Å². The van der Waals surface area contributed by atoms with E-state index in [0.29, 0.717) is 12.8 Å². The third-order valence-electron chi connectivity index (χ3n) is 2.84. The molecule has 0 aliphatic rings. The molecule has 0 aliphatic heterocycles. The molecule has 6 heteroatoms. The molecular formula is C14H18FNO3S. The average Bonchev–Trinajstić information content (AvgIpc) is 2.42. The predicted molar refractivity (Wildman–Crippen MR) is 75.1 cm³/mol. The molecule has 0 saturated carbocycles. The summed E-state index contributed by atoms with van der Waals surface area (Å²) in [5.74, 6) is 4.22. The molecule has 110 valence electrons. The van der Waals surface area contributed by atoms with Crippen LogP contribution in [0.4, 0.5) is 4.39 Å². The summed E-state index contributed by atoms with van der Waals surface area (Å²) in [7, 11) is -3.76. The molecule has 1 aromatic rings. The summed E-state index contributed by atoms with van der Waals surface area (Å²) in [4.78, 5) is -0.0771. The van der Waals surface area contributed by atoms with Crippen LogP contribution in [0.1, 0.15) is 32.3 Å². The van der Waals surface area contributed by atoms with Gasteiger partial charge in [-0.05, 0) is 31.0 Å². The largest absolute Gasteiger partial charge is 0.384 e. The van der Waals surface area contributed by atoms with Crippen molar-refractivity contribution >= 4 is 10.0 Å². The second kappa shape index (κ2) is 7.39. The van der Waals surface area contributed by atoms with Crippen molar-refractivity contribution in [2.75, 3.05) is 6.61 Å². The lowest BCUT2D eigenvalue weighted by Crippen LogP contribution is -2.34. The van der Waals surface area contributed by atoms with Gasteiger partial charge in [-0.25, -0.2) is 17.5 Å². The average molecular weight is 299 g/mol. The molecule has 0 bridgehead atoms. The number of aliphatic hydroxyl groups excluding tert-OH is 1. The van der Waals surface area contributed by atoms with Crippen molar-refractivity contribution in [3.63, 3.8) is 0 Å². The van der Waals surface area contributed by atoms with Crippen LogP contribution in [0.2, 0.25) is 0 Å². The minimum Gasteiger partial charge on any atom is -0.384 e. The van der Waals surface area contributed by atoms with E-state index in [2.05, 4.69) is 16.6 Å². The lowest BCUT2D eigenvalue weighted by atomic mass is 10.2. The van der Waals surface area contributed by atoms with Crippen molar-refractivity contribution in [3.8, 4) is 11.8 Å². The number of hydrogen-bond acceptors (Lipinski definition) is 3. The first kappa shape index (κ1) is 16.6. The van der Waals surface area contributed by atoms with E-state index in [1.807, 2.05) is 13.8 Å². The summed E-state index contributed by atoms with van der Waals surface area (Å²) in [5, 5.41) is 8.68. The van der Waals surface area contributed by atoms with Gasteiger partial charge in [-0.3, -0.25) is 0 Å². The van der Waals surface area contributed by atoms with Crippen molar-refractivity contribution in [3.05, 3.63) is 29.6 Å². The maximum absolute atomic E-state index is 13.2. The number of halogens is 1. The van der Waals surface area contributed by atoms with Crippen LogP contribution in [-0.4, -0.2) is 26.2 Å². The summed E-state index contributed by atoms with van der Waals surface area (Å²) in [6.45, 7) is 3.34. The van der Waals surface area contributed by atoms with Gasteiger partial charge in [0.1, 0.15) is 12.4 Å². The van der Waals surface area contributed by atoms with Crippen LogP contribution in [-0.2, 0) is 10.0 Å². The van der Waals surface area contributed by atoms with Gasteiger partial charge in [-0.2, -0.15) is 0 Å². The second-order valence-corrected chi connectivity index (χ2v) is 5.92. The second-order valence-electron chi connectivity index (χ2n) is 4.24. The van der Waals surface area contributed by atoms with Gasteiger partial charge >= 0.3 is 0 Å². The minimum absolute atomic E-state index is 0.0394. The minimum atomic E-state index is -3.76. The summed E-state index contributed by atoms with van der Waals surface area (Å²) in [6, 6.07) is 3.13. The van der Waals surface area contributed by atoms with Gasteiger partial charge in [0.05, 0.1) is 4.90 Å². The summed E-state index contributed by atoms with van der Waals surface area (Å²) in [6.07, 6.45) is 1.32. The zero-order chi connectivity index (χ0) is 15.2. The molecule has 2 N–H and O–H groups in total. The van der Waals surface area contributed by atoms with Crippen molar-refractivity contribution in [1.82, 2.24) is 4.72 Å². The Bertz CT molecular complexity index is 613. The van der Waals surface area contributed by atoms with Gasteiger partial charge in [-0.15, -0.1) is 0 Å². The van der Waals surface area contributed by atoms with Crippen LogP contribution in [0.15, 0.2) is 23.1 Å². The Morgan fingerprint density at radius 1 is 1.35 bits per heavy atom. The smallest absolute Gasteiger partial charge is 0.242 e. The highest BCUT2D eigenvalue weighted by atomic mass is 32.2. The normalized spacial score (nSPS) is 11.2. The maximum Gasteiger partial charge on any atom is 0.242 e. The van der Waals surface area contributed by atoms with E-state index in [9.17, 15) is 12.8 Å². The van der Waals surface area contributed by atoms with Gasteiger partial charge < -0.3 is 5.11 Å². The molecule has 0 heterocycles. The number of nitrogens with one attached hydrogen (secondary N) is 1. The molecule has 1 rings (SSSR count). The zero-order valence-electron chi connectivity index (χ0n) is 11.5. The molecule has 0 aliphatic carbocycles. The number of rotatable bonds is 5. The van der Waals surface area contributed by atoms with Gasteiger partial charge in [0.2, 0.25) is 10.0 Å². The third kappa shape index (κ3) is 4.30. The molecule has 1 aromatic carbocycles. The van der Waals surface area contributed by atoms with E-state index >= 15 is 0 Å². The molecule has 0 fully saturated rings. The quantitative estimate of drug-likeness (QED) is 0.812. The maximum atomic E-state index is 13.2. The van der Waals surface area contributed by atoms with Crippen molar-refractivity contribution in [2.45, 2.75) is 37.6 Å². The monoisotopic (exact) mass is 299 g/mol. The Labute approximate surface area is 119 Å². The van der Waals surface area contributed by atoms with Gasteiger partial charge in [-0.1, -0.05) is 25.7 Å². The molecule has 4 nitrogen and oxygen atoms in total. The molecule has 0 aromatic heterocycles. The van der Waals surface area contributed by atoms with Gasteiger partial charge in [0, 0.05) is 11.6 Å². The predicted octanol–water partition coefficient (Wildman–Crippen LogP) is 1.64. The van der Waals surface area contributed by atoms with Crippen LogP contribution in [0.25, 0.3) is 0 Å². The molecule has 0 radical (unpaired) electrons. The number of benzene rings is 1. The Morgan fingerprint density at radius 3 is 2.55 bits per heavy atom. The van der Waals surface area contributed by atoms with E-state index < -0.39 is 22.4 Å². The Balaban J connectivity index is 3.23. The van der Waals surface area contributed by atoms with E-state index in [1.54, 1.807) is 0 Å². The van der Waals surface area contributed by atoms with Crippen LogP contribution < -0.4 is 4.72 Å². The zero-order valence-corrected chi connectivity index (χ0v) is 12.3. The van der Waals surface area contributed by atoms with Crippen LogP contribution in [0.5, 0.6) is 0 Å². The fourth-order valence-corrected chi connectivity index (χ4v) is 3.25. The highest BCUT2D eigenvalue weighted by Crippen LogP contribution is 2.17. The summed E-state index contributed by atoms with van der Waals surface area (Å²) >= 11 is 0. The molecule has 0 unspecified atom stereocenters. The number of aliphatic hydroxyl groups is 1. The lowest BCUT2D eigenvalue weighted by Gasteiger charge is -2.15. The first-order chi connectivity index (χ1) is 9.44. The first-order valence-electron chi connectivity index (χ1n) is 6.36. The fourth-order valence-electron chi connectivity index (χ4n) is 1.71. The first-order valence-corrected chi connectivity index (χ1v) is 7.84.